The number of aromatic nitrogens is 2. The second kappa shape index (κ2) is 8.29. The second-order valence-corrected chi connectivity index (χ2v) is 6.86. The average Bonchev–Trinajstić information content (AvgIpc) is 3.14. The lowest BCUT2D eigenvalue weighted by Crippen LogP contribution is -2.29. The molecule has 8 heteroatoms. The molecule has 1 amide bonds. The van der Waals surface area contributed by atoms with Crippen molar-refractivity contribution in [3.63, 3.8) is 0 Å². The number of thiophene rings is 1. The van der Waals surface area contributed by atoms with Crippen LogP contribution < -0.4 is 10.6 Å². The van der Waals surface area contributed by atoms with Gasteiger partial charge in [-0.05, 0) is 40.7 Å². The Labute approximate surface area is 159 Å². The molecular formula is C17H14Cl2N4OS. The largest absolute Gasteiger partial charge is 0.361 e. The summed E-state index contributed by atoms with van der Waals surface area (Å²) in [7, 11) is 0. The molecule has 3 rings (SSSR count). The third kappa shape index (κ3) is 5.16. The third-order valence-corrected chi connectivity index (χ3v) is 4.62. The number of hydrogen-bond donors (Lipinski definition) is 2. The van der Waals surface area contributed by atoms with Gasteiger partial charge >= 0.3 is 0 Å². The van der Waals surface area contributed by atoms with E-state index in [0.29, 0.717) is 17.4 Å². The predicted octanol–water partition coefficient (Wildman–Crippen LogP) is 4.24. The minimum atomic E-state index is -0.151. The lowest BCUT2D eigenvalue weighted by molar-refractivity contribution is -0.119. The van der Waals surface area contributed by atoms with E-state index in [1.807, 2.05) is 29.6 Å². The molecule has 0 aliphatic heterocycles. The number of benzene rings is 1. The normalized spacial score (nSPS) is 10.5. The highest BCUT2D eigenvalue weighted by Crippen LogP contribution is 2.25. The summed E-state index contributed by atoms with van der Waals surface area (Å²) in [6.07, 6.45) is 0. The highest BCUT2D eigenvalue weighted by molar-refractivity contribution is 7.13. The van der Waals surface area contributed by atoms with Gasteiger partial charge in [0, 0.05) is 17.6 Å². The quantitative estimate of drug-likeness (QED) is 0.615. The molecule has 2 heterocycles. The second-order valence-electron chi connectivity index (χ2n) is 5.14. The Balaban J connectivity index is 1.56. The van der Waals surface area contributed by atoms with Crippen molar-refractivity contribution in [1.29, 1.82) is 0 Å². The van der Waals surface area contributed by atoms with Crippen molar-refractivity contribution in [2.24, 2.45) is 0 Å². The molecule has 5 nitrogen and oxygen atoms in total. The minimum Gasteiger partial charge on any atom is -0.361 e. The molecule has 2 N–H and O–H groups in total. The maximum absolute atomic E-state index is 12.0. The summed E-state index contributed by atoms with van der Waals surface area (Å²) < 4.78 is 0. The third-order valence-electron chi connectivity index (χ3n) is 3.31. The summed E-state index contributed by atoms with van der Waals surface area (Å²) in [5.41, 5.74) is 1.70. The van der Waals surface area contributed by atoms with E-state index >= 15 is 0 Å². The van der Waals surface area contributed by atoms with Gasteiger partial charge in [0.05, 0.1) is 17.1 Å². The first-order valence-electron chi connectivity index (χ1n) is 7.43. The zero-order chi connectivity index (χ0) is 17.6. The van der Waals surface area contributed by atoms with Gasteiger partial charge in [-0.3, -0.25) is 4.79 Å². The lowest BCUT2D eigenvalue weighted by atomic mass is 10.2. The molecule has 128 valence electrons. The van der Waals surface area contributed by atoms with E-state index in [4.69, 9.17) is 23.2 Å². The van der Waals surface area contributed by atoms with Crippen molar-refractivity contribution in [1.82, 2.24) is 15.3 Å². The topological polar surface area (TPSA) is 66.9 Å². The van der Waals surface area contributed by atoms with E-state index in [-0.39, 0.29) is 17.7 Å². The monoisotopic (exact) mass is 392 g/mol. The van der Waals surface area contributed by atoms with Crippen molar-refractivity contribution in [3.8, 4) is 10.6 Å². The first-order chi connectivity index (χ1) is 12.1. The van der Waals surface area contributed by atoms with Crippen molar-refractivity contribution < 1.29 is 4.79 Å². The molecule has 0 fully saturated rings. The van der Waals surface area contributed by atoms with Gasteiger partial charge in [0.1, 0.15) is 5.82 Å². The lowest BCUT2D eigenvalue weighted by Gasteiger charge is -2.08. The summed E-state index contributed by atoms with van der Waals surface area (Å²) in [6.45, 7) is 0.521. The number of nitrogens with one attached hydrogen (secondary N) is 2. The van der Waals surface area contributed by atoms with Crippen LogP contribution in [0.2, 0.25) is 10.3 Å². The Morgan fingerprint density at radius 2 is 1.92 bits per heavy atom. The molecule has 25 heavy (non-hydrogen) atoms. The summed E-state index contributed by atoms with van der Waals surface area (Å²) in [6, 6.07) is 13.0. The van der Waals surface area contributed by atoms with E-state index < -0.39 is 0 Å². The molecule has 2 aromatic heterocycles. The van der Waals surface area contributed by atoms with Crippen LogP contribution in [0.15, 0.2) is 47.8 Å². The molecule has 1 aromatic carbocycles. The van der Waals surface area contributed by atoms with Crippen LogP contribution in [-0.4, -0.2) is 22.4 Å². The molecule has 0 saturated carbocycles. The number of anilines is 1. The van der Waals surface area contributed by atoms with Crippen LogP contribution in [0.3, 0.4) is 0 Å². The maximum Gasteiger partial charge on any atom is 0.239 e. The van der Waals surface area contributed by atoms with E-state index in [9.17, 15) is 4.79 Å². The van der Waals surface area contributed by atoms with Crippen LogP contribution in [0.5, 0.6) is 0 Å². The van der Waals surface area contributed by atoms with E-state index in [1.54, 1.807) is 29.5 Å². The van der Waals surface area contributed by atoms with Gasteiger partial charge in [-0.25, -0.2) is 9.97 Å². The van der Waals surface area contributed by atoms with Crippen molar-refractivity contribution >= 4 is 46.3 Å². The number of halogens is 2. The summed E-state index contributed by atoms with van der Waals surface area (Å²) in [5, 5.41) is 8.56. The van der Waals surface area contributed by atoms with Gasteiger partial charge in [0.2, 0.25) is 11.2 Å². The molecular weight excluding hydrogens is 379 g/mol. The minimum absolute atomic E-state index is 0.0881. The highest BCUT2D eigenvalue weighted by Gasteiger charge is 2.08. The number of rotatable bonds is 6. The number of carbonyl (C=O) groups excluding carboxylic acids is 1. The van der Waals surface area contributed by atoms with E-state index in [0.717, 1.165) is 16.1 Å². The van der Waals surface area contributed by atoms with Crippen molar-refractivity contribution in [3.05, 3.63) is 63.7 Å². The first-order valence-corrected chi connectivity index (χ1v) is 9.07. The fourth-order valence-electron chi connectivity index (χ4n) is 2.10. The zero-order valence-electron chi connectivity index (χ0n) is 13.0. The summed E-state index contributed by atoms with van der Waals surface area (Å²) in [4.78, 5) is 21.3. The Bertz CT molecular complexity index is 854. The van der Waals surface area contributed by atoms with Crippen LogP contribution in [0.25, 0.3) is 10.6 Å². The van der Waals surface area contributed by atoms with Gasteiger partial charge in [0.15, 0.2) is 0 Å². The van der Waals surface area contributed by atoms with Crippen LogP contribution in [0.1, 0.15) is 5.56 Å². The predicted molar refractivity (Wildman–Crippen MR) is 102 cm³/mol. The fraction of sp³-hybridized carbons (Fsp3) is 0.118. The van der Waals surface area contributed by atoms with Gasteiger partial charge in [0.25, 0.3) is 0 Å². The smallest absolute Gasteiger partial charge is 0.239 e. The Morgan fingerprint density at radius 3 is 2.64 bits per heavy atom. The molecule has 0 aliphatic carbocycles. The van der Waals surface area contributed by atoms with Crippen LogP contribution >= 0.6 is 34.5 Å². The number of carbonyl (C=O) groups is 1. The molecule has 0 saturated heterocycles. The van der Waals surface area contributed by atoms with E-state index in [1.165, 1.54) is 0 Å². The SMILES string of the molecule is O=C(CNc1cc(-c2cccs2)nc(Cl)n1)NCc1ccc(Cl)cc1. The van der Waals surface area contributed by atoms with Crippen molar-refractivity contribution in [2.45, 2.75) is 6.54 Å². The molecule has 0 unspecified atom stereocenters. The van der Waals surface area contributed by atoms with Gasteiger partial charge in [-0.15, -0.1) is 11.3 Å². The molecule has 0 radical (unpaired) electrons. The molecule has 0 atom stereocenters. The van der Waals surface area contributed by atoms with E-state index in [2.05, 4.69) is 20.6 Å². The molecule has 0 bridgehead atoms. The zero-order valence-corrected chi connectivity index (χ0v) is 15.3. The standard InChI is InChI=1S/C17H14Cl2N4OS/c18-12-5-3-11(4-6-12)9-21-16(24)10-20-15-8-13(22-17(19)23-15)14-2-1-7-25-14/h1-8H,9-10H2,(H,21,24)(H,20,22,23). The first kappa shape index (κ1) is 17.7. The van der Waals surface area contributed by atoms with Crippen molar-refractivity contribution in [2.75, 3.05) is 11.9 Å². The Kier molecular flexibility index (Phi) is 5.86. The molecule has 3 aromatic rings. The molecule has 0 spiro atoms. The molecule has 0 aliphatic rings. The van der Waals surface area contributed by atoms with Gasteiger partial charge in [-0.2, -0.15) is 0 Å². The summed E-state index contributed by atoms with van der Waals surface area (Å²) in [5.74, 6) is 0.354. The Morgan fingerprint density at radius 1 is 1.12 bits per heavy atom. The Hall–Kier alpha value is -2.15. The maximum atomic E-state index is 12.0. The van der Waals surface area contributed by atoms with Crippen LogP contribution in [0.4, 0.5) is 5.82 Å². The van der Waals surface area contributed by atoms with Crippen LogP contribution in [0, 0.1) is 0 Å². The van der Waals surface area contributed by atoms with Gasteiger partial charge in [-0.1, -0.05) is 29.8 Å². The summed E-state index contributed by atoms with van der Waals surface area (Å²) >= 11 is 13.4. The average molecular weight is 393 g/mol. The fourth-order valence-corrected chi connectivity index (χ4v) is 3.09. The number of hydrogen-bond acceptors (Lipinski definition) is 5. The highest BCUT2D eigenvalue weighted by atomic mass is 35.5. The van der Waals surface area contributed by atoms with Gasteiger partial charge < -0.3 is 10.6 Å². The number of amides is 1. The number of nitrogens with zero attached hydrogens (tertiary/aromatic N) is 2. The van der Waals surface area contributed by atoms with Crippen LogP contribution in [-0.2, 0) is 11.3 Å².